The minimum atomic E-state index is 0.0654. The average Bonchev–Trinajstić information content (AvgIpc) is 2.22. The van der Waals surface area contributed by atoms with Gasteiger partial charge in [-0.25, -0.2) is 0 Å². The van der Waals surface area contributed by atoms with Crippen LogP contribution in [-0.4, -0.2) is 17.0 Å². The van der Waals surface area contributed by atoms with Gasteiger partial charge in [0.2, 0.25) is 0 Å². The van der Waals surface area contributed by atoms with Crippen LogP contribution >= 0.6 is 23.4 Å². The van der Waals surface area contributed by atoms with Gasteiger partial charge in [-0.3, -0.25) is 4.99 Å². The van der Waals surface area contributed by atoms with Gasteiger partial charge in [0.15, 0.2) is 0 Å². The third kappa shape index (κ3) is 1.23. The third-order valence-corrected chi connectivity index (χ3v) is 3.61. The first-order chi connectivity index (χ1) is 5.60. The lowest BCUT2D eigenvalue weighted by atomic mass is 9.99. The van der Waals surface area contributed by atoms with Crippen molar-refractivity contribution in [1.82, 2.24) is 0 Å². The summed E-state index contributed by atoms with van der Waals surface area (Å²) in [5, 5.41) is 0.754. The molecule has 0 saturated heterocycles. The van der Waals surface area contributed by atoms with Crippen LogP contribution in [0, 0.1) is 0 Å². The minimum absolute atomic E-state index is 0.0654. The SMILES string of the molecule is CC1=CC2N=CC(Cl)=CC2(C)S1. The van der Waals surface area contributed by atoms with E-state index in [1.54, 1.807) is 6.21 Å². The lowest BCUT2D eigenvalue weighted by Crippen LogP contribution is -2.30. The molecular formula is C9H10ClNS. The van der Waals surface area contributed by atoms with E-state index in [0.717, 1.165) is 5.03 Å². The number of halogens is 1. The standard InChI is InChI=1S/C9H10ClNS/c1-6-3-8-9(2,12-6)4-7(10)5-11-8/h3-5,8H,1-2H3. The van der Waals surface area contributed by atoms with Gasteiger partial charge in [-0.15, -0.1) is 11.8 Å². The van der Waals surface area contributed by atoms with Gasteiger partial charge in [-0.2, -0.15) is 0 Å². The van der Waals surface area contributed by atoms with Gasteiger partial charge in [-0.05, 0) is 30.9 Å². The Hall–Kier alpha value is -0.210. The Morgan fingerprint density at radius 3 is 3.17 bits per heavy atom. The van der Waals surface area contributed by atoms with Crippen molar-refractivity contribution >= 4 is 29.6 Å². The van der Waals surface area contributed by atoms with Crippen LogP contribution in [0.1, 0.15) is 13.8 Å². The molecule has 2 atom stereocenters. The Kier molecular flexibility index (Phi) is 1.85. The van der Waals surface area contributed by atoms with Crippen molar-refractivity contribution in [3.05, 3.63) is 22.1 Å². The number of nitrogens with zero attached hydrogens (tertiary/aromatic N) is 1. The maximum atomic E-state index is 5.90. The zero-order valence-corrected chi connectivity index (χ0v) is 8.62. The maximum Gasteiger partial charge on any atom is 0.0874 e. The van der Waals surface area contributed by atoms with E-state index in [-0.39, 0.29) is 10.8 Å². The highest BCUT2D eigenvalue weighted by Gasteiger charge is 2.38. The van der Waals surface area contributed by atoms with Crippen LogP contribution in [0.4, 0.5) is 0 Å². The molecule has 2 aliphatic heterocycles. The van der Waals surface area contributed by atoms with Crippen LogP contribution in [0.5, 0.6) is 0 Å². The fraction of sp³-hybridized carbons (Fsp3) is 0.444. The minimum Gasteiger partial charge on any atom is -0.282 e. The van der Waals surface area contributed by atoms with E-state index in [1.165, 1.54) is 4.91 Å². The number of aliphatic imine (C=N–C) groups is 1. The maximum absolute atomic E-state index is 5.90. The zero-order chi connectivity index (χ0) is 8.77. The van der Waals surface area contributed by atoms with Crippen molar-refractivity contribution in [2.24, 2.45) is 4.99 Å². The topological polar surface area (TPSA) is 12.4 Å². The van der Waals surface area contributed by atoms with E-state index < -0.39 is 0 Å². The molecule has 12 heavy (non-hydrogen) atoms. The third-order valence-electron chi connectivity index (χ3n) is 2.14. The molecule has 0 aliphatic carbocycles. The Balaban J connectivity index is 2.37. The lowest BCUT2D eigenvalue weighted by Gasteiger charge is -2.27. The highest BCUT2D eigenvalue weighted by atomic mass is 35.5. The quantitative estimate of drug-likeness (QED) is 0.585. The Labute approximate surface area is 81.6 Å². The van der Waals surface area contributed by atoms with Crippen molar-refractivity contribution in [2.75, 3.05) is 0 Å². The summed E-state index contributed by atoms with van der Waals surface area (Å²) in [7, 11) is 0. The van der Waals surface area contributed by atoms with E-state index in [4.69, 9.17) is 11.6 Å². The van der Waals surface area contributed by atoms with Crippen LogP contribution in [0.25, 0.3) is 0 Å². The fourth-order valence-electron chi connectivity index (χ4n) is 1.60. The second kappa shape index (κ2) is 2.64. The first kappa shape index (κ1) is 8.39. The van der Waals surface area contributed by atoms with Gasteiger partial charge in [0.25, 0.3) is 0 Å². The molecule has 3 heteroatoms. The van der Waals surface area contributed by atoms with E-state index in [2.05, 4.69) is 31.0 Å². The number of dihydropyridines is 1. The van der Waals surface area contributed by atoms with Crippen molar-refractivity contribution < 1.29 is 0 Å². The van der Waals surface area contributed by atoms with Gasteiger partial charge in [-0.1, -0.05) is 11.6 Å². The summed E-state index contributed by atoms with van der Waals surface area (Å²) in [5.74, 6) is 0. The normalized spacial score (nSPS) is 39.1. The smallest absolute Gasteiger partial charge is 0.0874 e. The molecule has 2 unspecified atom stereocenters. The second-order valence-electron chi connectivity index (χ2n) is 3.32. The van der Waals surface area contributed by atoms with E-state index >= 15 is 0 Å². The molecule has 0 aromatic rings. The molecular weight excluding hydrogens is 190 g/mol. The number of thioether (sulfide) groups is 1. The van der Waals surface area contributed by atoms with Gasteiger partial charge in [0.1, 0.15) is 0 Å². The van der Waals surface area contributed by atoms with E-state index in [1.807, 2.05) is 11.8 Å². The van der Waals surface area contributed by atoms with Gasteiger partial charge in [0, 0.05) is 6.21 Å². The highest BCUT2D eigenvalue weighted by molar-refractivity contribution is 8.04. The average molecular weight is 200 g/mol. The van der Waals surface area contributed by atoms with Crippen LogP contribution in [-0.2, 0) is 0 Å². The molecule has 0 fully saturated rings. The Morgan fingerprint density at radius 1 is 1.67 bits per heavy atom. The summed E-state index contributed by atoms with van der Waals surface area (Å²) in [6.07, 6.45) is 6.02. The molecule has 0 aromatic heterocycles. The lowest BCUT2D eigenvalue weighted by molar-refractivity contribution is 0.690. The largest absolute Gasteiger partial charge is 0.282 e. The monoisotopic (exact) mass is 199 g/mol. The highest BCUT2D eigenvalue weighted by Crippen LogP contribution is 2.46. The molecule has 1 nitrogen and oxygen atoms in total. The predicted molar refractivity (Wildman–Crippen MR) is 56.0 cm³/mol. The molecule has 0 radical (unpaired) electrons. The van der Waals surface area contributed by atoms with Crippen LogP contribution in [0.2, 0.25) is 0 Å². The Bertz CT molecular complexity index is 306. The zero-order valence-electron chi connectivity index (χ0n) is 7.04. The summed E-state index contributed by atoms with van der Waals surface area (Å²) >= 11 is 7.74. The first-order valence-electron chi connectivity index (χ1n) is 3.89. The van der Waals surface area contributed by atoms with Crippen molar-refractivity contribution in [1.29, 1.82) is 0 Å². The summed E-state index contributed by atoms with van der Waals surface area (Å²) in [4.78, 5) is 5.71. The second-order valence-corrected chi connectivity index (χ2v) is 5.48. The molecule has 2 heterocycles. The number of allylic oxidation sites excluding steroid dienone is 2. The molecule has 0 spiro atoms. The number of rotatable bonds is 0. The number of hydrogen-bond donors (Lipinski definition) is 0. The summed E-state index contributed by atoms with van der Waals surface area (Å²) in [5.41, 5.74) is 0. The first-order valence-corrected chi connectivity index (χ1v) is 5.08. The van der Waals surface area contributed by atoms with E-state index in [9.17, 15) is 0 Å². The summed E-state index contributed by atoms with van der Waals surface area (Å²) in [6.45, 7) is 4.29. The summed E-state index contributed by atoms with van der Waals surface area (Å²) < 4.78 is 0.0654. The fourth-order valence-corrected chi connectivity index (χ4v) is 3.27. The van der Waals surface area contributed by atoms with Gasteiger partial charge < -0.3 is 0 Å². The molecule has 64 valence electrons. The van der Waals surface area contributed by atoms with Crippen LogP contribution in [0.3, 0.4) is 0 Å². The van der Waals surface area contributed by atoms with Crippen LogP contribution in [0.15, 0.2) is 27.1 Å². The molecule has 0 N–H and O–H groups in total. The number of fused-ring (bicyclic) bond motifs is 1. The van der Waals surface area contributed by atoms with Crippen molar-refractivity contribution in [3.8, 4) is 0 Å². The summed E-state index contributed by atoms with van der Waals surface area (Å²) in [6, 6.07) is 0.282. The van der Waals surface area contributed by atoms with Gasteiger partial charge >= 0.3 is 0 Å². The molecule has 0 aromatic carbocycles. The predicted octanol–water partition coefficient (Wildman–Crippen LogP) is 2.97. The van der Waals surface area contributed by atoms with E-state index in [0.29, 0.717) is 0 Å². The molecule has 0 saturated carbocycles. The Morgan fingerprint density at radius 2 is 2.42 bits per heavy atom. The molecule has 0 amide bonds. The van der Waals surface area contributed by atoms with Crippen molar-refractivity contribution in [3.63, 3.8) is 0 Å². The van der Waals surface area contributed by atoms with Gasteiger partial charge in [0.05, 0.1) is 15.8 Å². The number of hydrogen-bond acceptors (Lipinski definition) is 2. The molecule has 2 aliphatic rings. The molecule has 2 rings (SSSR count). The van der Waals surface area contributed by atoms with Crippen molar-refractivity contribution in [2.45, 2.75) is 24.6 Å². The molecule has 0 bridgehead atoms. The van der Waals surface area contributed by atoms with Crippen LogP contribution < -0.4 is 0 Å².